The first-order chi connectivity index (χ1) is 14.9. The first-order valence-electron chi connectivity index (χ1n) is 10.2. The first-order valence-corrected chi connectivity index (χ1v) is 12.2. The third-order valence-electron chi connectivity index (χ3n) is 6.34. The van der Waals surface area contributed by atoms with Gasteiger partial charge in [0.15, 0.2) is 0 Å². The number of fused-ring (bicyclic) bond motifs is 1. The van der Waals surface area contributed by atoms with Crippen molar-refractivity contribution in [3.05, 3.63) is 52.2 Å². The van der Waals surface area contributed by atoms with E-state index in [1.807, 2.05) is 13.8 Å². The summed E-state index contributed by atoms with van der Waals surface area (Å²) in [5, 5.41) is 2.69. The number of hydrogen-bond acceptors (Lipinski definition) is 7. The number of rotatable bonds is 3. The van der Waals surface area contributed by atoms with Gasteiger partial charge in [0.1, 0.15) is 34.4 Å². The minimum Gasteiger partial charge on any atom is -0.386 e. The molecule has 0 bridgehead atoms. The van der Waals surface area contributed by atoms with Gasteiger partial charge in [-0.05, 0) is 57.9 Å². The fourth-order valence-electron chi connectivity index (χ4n) is 4.41. The van der Waals surface area contributed by atoms with E-state index in [0.717, 1.165) is 0 Å². The molecule has 11 heteroatoms. The second kappa shape index (κ2) is 7.65. The average Bonchev–Trinajstić information content (AvgIpc) is 3.13. The summed E-state index contributed by atoms with van der Waals surface area (Å²) >= 11 is 5.91. The summed E-state index contributed by atoms with van der Waals surface area (Å²) < 4.78 is 29.1. The molecule has 32 heavy (non-hydrogen) atoms. The van der Waals surface area contributed by atoms with E-state index >= 15 is 4.39 Å². The maximum atomic E-state index is 15.1. The number of pyridine rings is 2. The van der Waals surface area contributed by atoms with Gasteiger partial charge in [0.05, 0.1) is 15.0 Å². The molecule has 2 aliphatic heterocycles. The minimum absolute atomic E-state index is 0.0224. The third kappa shape index (κ3) is 3.37. The van der Waals surface area contributed by atoms with Crippen LogP contribution < -0.4 is 15.8 Å². The van der Waals surface area contributed by atoms with E-state index in [9.17, 15) is 9.35 Å². The lowest BCUT2D eigenvalue weighted by atomic mass is 9.90. The molecule has 4 heterocycles. The molecule has 172 valence electrons. The molecule has 4 rings (SSSR count). The predicted octanol–water partition coefficient (Wildman–Crippen LogP) is 3.75. The highest BCUT2D eigenvalue weighted by Gasteiger charge is 2.61. The Morgan fingerprint density at radius 3 is 2.81 bits per heavy atom. The van der Waals surface area contributed by atoms with Crippen LogP contribution in [-0.4, -0.2) is 42.8 Å². The zero-order valence-electron chi connectivity index (χ0n) is 18.2. The molecular weight excluding hydrogens is 455 g/mol. The number of aromatic nitrogens is 2. The summed E-state index contributed by atoms with van der Waals surface area (Å²) in [7, 11) is -2.46. The summed E-state index contributed by atoms with van der Waals surface area (Å²) in [4.78, 5) is 25.9. The zero-order valence-corrected chi connectivity index (χ0v) is 19.8. The molecular formula is C21H26ClFN6O2S. The van der Waals surface area contributed by atoms with Crippen molar-refractivity contribution in [2.24, 2.45) is 10.7 Å². The van der Waals surface area contributed by atoms with Gasteiger partial charge in [-0.25, -0.2) is 14.4 Å². The van der Waals surface area contributed by atoms with E-state index in [1.165, 1.54) is 18.3 Å². The molecule has 0 aliphatic carbocycles. The molecule has 0 radical (unpaired) electrons. The Labute approximate surface area is 192 Å². The Morgan fingerprint density at radius 2 is 2.12 bits per heavy atom. The lowest BCUT2D eigenvalue weighted by Gasteiger charge is -2.55. The Balaban J connectivity index is 1.74. The van der Waals surface area contributed by atoms with Gasteiger partial charge in [-0.3, -0.25) is 14.5 Å². The van der Waals surface area contributed by atoms with Crippen molar-refractivity contribution >= 4 is 39.7 Å². The first kappa shape index (κ1) is 22.9. The topological polar surface area (TPSA) is 126 Å². The van der Waals surface area contributed by atoms with E-state index < -0.39 is 37.8 Å². The smallest absolute Gasteiger partial charge is 0.275 e. The fraction of sp³-hybridized carbons (Fsp3) is 0.429. The lowest BCUT2D eigenvalue weighted by Crippen LogP contribution is -2.57. The standard InChI is InChI=1S/C21H26ClFN6O2S/c1-11-9-12(22)10-25-16(11)18(30)28-15-6-5-13(23)17(27-15)21(4)14-7-8-26-32(14,31)20(2,3)19(24)29-21/h5-6,9-10,14,26,31H,7-8H2,1-4H3,(H2,24,29)(H,27,28,30)/t14-,21-/m0/s1. The van der Waals surface area contributed by atoms with E-state index in [0.29, 0.717) is 23.6 Å². The van der Waals surface area contributed by atoms with Crippen LogP contribution in [-0.2, 0) is 5.54 Å². The van der Waals surface area contributed by atoms with Crippen LogP contribution in [0, 0.1) is 12.7 Å². The van der Waals surface area contributed by atoms with Crippen LogP contribution in [0.15, 0.2) is 29.4 Å². The molecule has 2 aliphatic rings. The van der Waals surface area contributed by atoms with E-state index in [2.05, 4.69) is 25.0 Å². The number of aryl methyl sites for hydroxylation is 1. The summed E-state index contributed by atoms with van der Waals surface area (Å²) in [6.07, 6.45) is 1.97. The highest BCUT2D eigenvalue weighted by Crippen LogP contribution is 2.67. The Bertz CT molecular complexity index is 1150. The van der Waals surface area contributed by atoms with Gasteiger partial charge in [0, 0.05) is 12.7 Å². The molecule has 2 aromatic heterocycles. The van der Waals surface area contributed by atoms with Crippen LogP contribution in [0.2, 0.25) is 5.02 Å². The summed E-state index contributed by atoms with van der Waals surface area (Å²) in [6.45, 7) is 7.70. The average molecular weight is 481 g/mol. The van der Waals surface area contributed by atoms with Crippen molar-refractivity contribution in [3.63, 3.8) is 0 Å². The van der Waals surface area contributed by atoms with Gasteiger partial charge in [0.25, 0.3) is 5.91 Å². The van der Waals surface area contributed by atoms with Crippen molar-refractivity contribution in [2.75, 3.05) is 11.9 Å². The SMILES string of the molecule is Cc1cc(Cl)cnc1C(=O)Nc1ccc(F)c([C@@]2(C)N=C(N)C(C)(C)S3(O)NCC[C@@H]23)n1. The van der Waals surface area contributed by atoms with Gasteiger partial charge in [0.2, 0.25) is 0 Å². The maximum Gasteiger partial charge on any atom is 0.275 e. The number of hydrogen-bond donors (Lipinski definition) is 4. The molecule has 0 saturated carbocycles. The molecule has 1 saturated heterocycles. The zero-order chi connectivity index (χ0) is 23.5. The lowest BCUT2D eigenvalue weighted by molar-refractivity contribution is 0.102. The molecule has 5 N–H and O–H groups in total. The van der Waals surface area contributed by atoms with Gasteiger partial charge < -0.3 is 15.6 Å². The predicted molar refractivity (Wildman–Crippen MR) is 126 cm³/mol. The fourth-order valence-corrected chi connectivity index (χ4v) is 7.97. The monoisotopic (exact) mass is 480 g/mol. The molecule has 1 amide bonds. The summed E-state index contributed by atoms with van der Waals surface area (Å²) in [6, 6.07) is 4.23. The quantitative estimate of drug-likeness (QED) is 0.530. The number of nitrogens with zero attached hydrogens (tertiary/aromatic N) is 3. The Morgan fingerprint density at radius 1 is 1.41 bits per heavy atom. The molecule has 1 fully saturated rings. The number of anilines is 1. The maximum absolute atomic E-state index is 15.1. The highest BCUT2D eigenvalue weighted by atomic mass is 35.5. The third-order valence-corrected chi connectivity index (χ3v) is 10.5. The molecule has 2 aromatic rings. The highest BCUT2D eigenvalue weighted by molar-refractivity contribution is 8.29. The van der Waals surface area contributed by atoms with E-state index in [1.54, 1.807) is 19.9 Å². The number of halogens is 2. The summed E-state index contributed by atoms with van der Waals surface area (Å²) in [5.41, 5.74) is 5.88. The summed E-state index contributed by atoms with van der Waals surface area (Å²) in [5.74, 6) is -0.699. The van der Waals surface area contributed by atoms with Crippen LogP contribution >= 0.6 is 22.1 Å². The van der Waals surface area contributed by atoms with E-state index in [-0.39, 0.29) is 23.0 Å². The van der Waals surface area contributed by atoms with Gasteiger partial charge in [-0.2, -0.15) is 0 Å². The molecule has 0 aromatic carbocycles. The second-order valence-corrected chi connectivity index (χ2v) is 12.3. The number of nitrogens with one attached hydrogen (secondary N) is 2. The van der Waals surface area contributed by atoms with Crippen molar-refractivity contribution in [3.8, 4) is 0 Å². The van der Waals surface area contributed by atoms with Crippen LogP contribution in [0.25, 0.3) is 0 Å². The number of amides is 1. The van der Waals surface area contributed by atoms with Crippen LogP contribution in [0.1, 0.15) is 48.9 Å². The number of carbonyl (C=O) groups is 1. The molecule has 3 atom stereocenters. The van der Waals surface area contributed by atoms with Crippen molar-refractivity contribution < 1.29 is 13.7 Å². The number of nitrogens with two attached hydrogens (primary N) is 1. The van der Waals surface area contributed by atoms with Crippen molar-refractivity contribution in [2.45, 2.75) is 49.7 Å². The second-order valence-electron chi connectivity index (χ2n) is 8.75. The van der Waals surface area contributed by atoms with Crippen molar-refractivity contribution in [1.82, 2.24) is 14.7 Å². The largest absolute Gasteiger partial charge is 0.386 e. The van der Waals surface area contributed by atoms with Crippen LogP contribution in [0.3, 0.4) is 0 Å². The van der Waals surface area contributed by atoms with Gasteiger partial charge >= 0.3 is 0 Å². The number of amidine groups is 1. The van der Waals surface area contributed by atoms with E-state index in [4.69, 9.17) is 17.3 Å². The van der Waals surface area contributed by atoms with Crippen LogP contribution in [0.4, 0.5) is 10.2 Å². The molecule has 1 unspecified atom stereocenters. The van der Waals surface area contributed by atoms with Crippen molar-refractivity contribution in [1.29, 1.82) is 0 Å². The normalized spacial score (nSPS) is 30.7. The Kier molecular flexibility index (Phi) is 5.48. The molecule has 8 nitrogen and oxygen atoms in total. The van der Waals surface area contributed by atoms with Crippen LogP contribution in [0.5, 0.6) is 0 Å². The van der Waals surface area contributed by atoms with Gasteiger partial charge in [-0.1, -0.05) is 22.1 Å². The molecule has 0 spiro atoms. The number of carbonyl (C=O) groups excluding carboxylic acids is 1. The Hall–Kier alpha value is -2.27. The van der Waals surface area contributed by atoms with Gasteiger partial charge in [-0.15, -0.1) is 0 Å². The minimum atomic E-state index is -2.46. The number of aliphatic imine (C=N–C) groups is 1.